The number of fused-ring (bicyclic) bond motifs is 1. The Hall–Kier alpha value is -3.88. The van der Waals surface area contributed by atoms with Crippen molar-refractivity contribution < 1.29 is 9.53 Å². The van der Waals surface area contributed by atoms with Crippen molar-refractivity contribution in [3.05, 3.63) is 121 Å². The predicted octanol–water partition coefficient (Wildman–Crippen LogP) is 4.60. The monoisotopic (exact) mass is 527 g/mol. The number of methoxy groups -OCH3 is 1. The molecule has 1 atom stereocenters. The van der Waals surface area contributed by atoms with Gasteiger partial charge in [0.1, 0.15) is 5.75 Å². The van der Waals surface area contributed by atoms with Gasteiger partial charge in [0.2, 0.25) is 0 Å². The molecular formula is C29H25N3O3S2. The van der Waals surface area contributed by atoms with Crippen molar-refractivity contribution in [2.75, 3.05) is 18.7 Å². The zero-order valence-corrected chi connectivity index (χ0v) is 22.2. The van der Waals surface area contributed by atoms with Crippen LogP contribution in [-0.2, 0) is 4.79 Å². The van der Waals surface area contributed by atoms with Crippen LogP contribution in [-0.4, -0.2) is 23.8 Å². The topological polar surface area (TPSA) is 72.7 Å². The summed E-state index contributed by atoms with van der Waals surface area (Å²) in [5.74, 6) is 0.341. The molecule has 1 aliphatic heterocycles. The lowest BCUT2D eigenvalue weighted by Gasteiger charge is -2.25. The smallest absolute Gasteiger partial charge is 0.271 e. The third kappa shape index (κ3) is 5.03. The highest BCUT2D eigenvalue weighted by Crippen LogP contribution is 2.32. The van der Waals surface area contributed by atoms with Gasteiger partial charge in [-0.15, -0.1) is 11.8 Å². The molecule has 0 saturated heterocycles. The van der Waals surface area contributed by atoms with Gasteiger partial charge in [0.05, 0.1) is 29.0 Å². The maximum Gasteiger partial charge on any atom is 0.271 e. The Morgan fingerprint density at radius 2 is 1.84 bits per heavy atom. The first-order valence-corrected chi connectivity index (χ1v) is 13.7. The molecule has 2 heterocycles. The van der Waals surface area contributed by atoms with E-state index in [0.29, 0.717) is 32.0 Å². The highest BCUT2D eigenvalue weighted by molar-refractivity contribution is 7.98. The number of ether oxygens (including phenoxy) is 1. The number of aromatic nitrogens is 1. The first-order chi connectivity index (χ1) is 18.0. The second-order valence-electron chi connectivity index (χ2n) is 8.45. The summed E-state index contributed by atoms with van der Waals surface area (Å²) in [6.07, 6.45) is 3.90. The molecule has 0 fully saturated rings. The molecule has 1 amide bonds. The Balaban J connectivity index is 1.67. The molecule has 0 radical (unpaired) electrons. The van der Waals surface area contributed by atoms with E-state index in [1.54, 1.807) is 23.4 Å². The number of amides is 1. The molecule has 0 aliphatic carbocycles. The summed E-state index contributed by atoms with van der Waals surface area (Å²) in [6.45, 7) is 1.81. The molecule has 4 aromatic rings. The minimum atomic E-state index is -0.656. The molecule has 37 heavy (non-hydrogen) atoms. The summed E-state index contributed by atoms with van der Waals surface area (Å²) in [7, 11) is 1.59. The van der Waals surface area contributed by atoms with Crippen LogP contribution in [0, 0.1) is 0 Å². The number of nitrogens with zero attached hydrogens (tertiary/aromatic N) is 2. The van der Waals surface area contributed by atoms with E-state index < -0.39 is 6.04 Å². The van der Waals surface area contributed by atoms with Gasteiger partial charge in [0.15, 0.2) is 4.80 Å². The Morgan fingerprint density at radius 1 is 1.08 bits per heavy atom. The highest BCUT2D eigenvalue weighted by atomic mass is 32.2. The van der Waals surface area contributed by atoms with E-state index in [2.05, 4.69) is 5.32 Å². The van der Waals surface area contributed by atoms with E-state index in [-0.39, 0.29) is 11.5 Å². The first kappa shape index (κ1) is 24.8. The van der Waals surface area contributed by atoms with Crippen LogP contribution >= 0.6 is 23.1 Å². The average Bonchev–Trinajstić information content (AvgIpc) is 3.22. The fourth-order valence-electron chi connectivity index (χ4n) is 4.31. The van der Waals surface area contributed by atoms with Crippen molar-refractivity contribution in [3.63, 3.8) is 0 Å². The number of benzene rings is 3. The van der Waals surface area contributed by atoms with Crippen LogP contribution in [0.5, 0.6) is 5.75 Å². The highest BCUT2D eigenvalue weighted by Gasteiger charge is 2.32. The van der Waals surface area contributed by atoms with Gasteiger partial charge < -0.3 is 10.1 Å². The number of rotatable bonds is 6. The van der Waals surface area contributed by atoms with Crippen molar-refractivity contribution in [2.24, 2.45) is 4.99 Å². The van der Waals surface area contributed by atoms with E-state index in [1.165, 1.54) is 11.3 Å². The number of para-hydroxylation sites is 1. The van der Waals surface area contributed by atoms with Gasteiger partial charge in [-0.3, -0.25) is 14.2 Å². The molecule has 1 aliphatic rings. The van der Waals surface area contributed by atoms with E-state index in [0.717, 1.165) is 16.0 Å². The normalized spacial score (nSPS) is 15.2. The summed E-state index contributed by atoms with van der Waals surface area (Å²) < 4.78 is 7.63. The van der Waals surface area contributed by atoms with Crippen molar-refractivity contribution in [1.82, 2.24) is 4.57 Å². The molecular weight excluding hydrogens is 502 g/mol. The number of hydrogen-bond acceptors (Lipinski definition) is 6. The maximum atomic E-state index is 13.8. The van der Waals surface area contributed by atoms with Crippen LogP contribution in [0.1, 0.15) is 24.1 Å². The van der Waals surface area contributed by atoms with E-state index in [1.807, 2.05) is 98.1 Å². The molecule has 1 aromatic heterocycles. The minimum absolute atomic E-state index is 0.192. The van der Waals surface area contributed by atoms with Crippen LogP contribution in [0.3, 0.4) is 0 Å². The van der Waals surface area contributed by atoms with Crippen LogP contribution < -0.4 is 24.9 Å². The lowest BCUT2D eigenvalue weighted by atomic mass is 9.95. The van der Waals surface area contributed by atoms with Crippen molar-refractivity contribution >= 4 is 40.8 Å². The van der Waals surface area contributed by atoms with Crippen LogP contribution in [0.4, 0.5) is 5.69 Å². The molecule has 0 saturated carbocycles. The average molecular weight is 528 g/mol. The van der Waals surface area contributed by atoms with Gasteiger partial charge in [-0.1, -0.05) is 53.8 Å². The van der Waals surface area contributed by atoms with Gasteiger partial charge in [-0.25, -0.2) is 4.99 Å². The van der Waals surface area contributed by atoms with E-state index in [4.69, 9.17) is 9.73 Å². The standard InChI is InChI=1S/C29H25N3O3S2/c1-18-25(27(33)31-21-9-5-4-6-10-21)26(20-8-7-11-22(17-20)35-2)32-28(34)24(37-29(32)30-18)16-19-12-14-23(36-3)15-13-19/h4-17,26H,1-3H3,(H,31,33)/b24-16-/t26-/m0/s1. The third-order valence-corrected chi connectivity index (χ3v) is 7.85. The number of thiazole rings is 1. The minimum Gasteiger partial charge on any atom is -0.497 e. The fraction of sp³-hybridized carbons (Fsp3) is 0.138. The molecule has 5 rings (SSSR count). The number of anilines is 1. The number of thioether (sulfide) groups is 1. The second-order valence-corrected chi connectivity index (χ2v) is 10.3. The molecule has 0 bridgehead atoms. The van der Waals surface area contributed by atoms with Gasteiger partial charge in [0, 0.05) is 10.6 Å². The second kappa shape index (κ2) is 10.6. The van der Waals surface area contributed by atoms with Gasteiger partial charge >= 0.3 is 0 Å². The molecule has 6 nitrogen and oxygen atoms in total. The molecule has 8 heteroatoms. The Labute approximate surface area is 222 Å². The molecule has 3 aromatic carbocycles. The van der Waals surface area contributed by atoms with Crippen LogP contribution in [0.25, 0.3) is 6.08 Å². The van der Waals surface area contributed by atoms with Crippen LogP contribution in [0.2, 0.25) is 0 Å². The number of hydrogen-bond donors (Lipinski definition) is 1. The van der Waals surface area contributed by atoms with Gasteiger partial charge in [-0.05, 0) is 66.8 Å². The largest absolute Gasteiger partial charge is 0.497 e. The molecule has 186 valence electrons. The van der Waals surface area contributed by atoms with Gasteiger partial charge in [-0.2, -0.15) is 0 Å². The number of nitrogens with one attached hydrogen (secondary N) is 1. The molecule has 0 spiro atoms. The lowest BCUT2D eigenvalue weighted by molar-refractivity contribution is -0.113. The lowest BCUT2D eigenvalue weighted by Crippen LogP contribution is -2.40. The fourth-order valence-corrected chi connectivity index (χ4v) is 5.77. The number of carbonyl (C=O) groups excluding carboxylic acids is 1. The summed E-state index contributed by atoms with van der Waals surface area (Å²) in [4.78, 5) is 33.8. The predicted molar refractivity (Wildman–Crippen MR) is 150 cm³/mol. The van der Waals surface area contributed by atoms with E-state index >= 15 is 0 Å². The summed E-state index contributed by atoms with van der Waals surface area (Å²) in [6, 6.07) is 24.1. The number of allylic oxidation sites excluding steroid dienone is 1. The van der Waals surface area contributed by atoms with Crippen molar-refractivity contribution in [2.45, 2.75) is 17.9 Å². The third-order valence-electron chi connectivity index (χ3n) is 6.12. The first-order valence-electron chi connectivity index (χ1n) is 11.7. The summed E-state index contributed by atoms with van der Waals surface area (Å²) >= 11 is 2.99. The molecule has 1 N–H and O–H groups in total. The Bertz CT molecular complexity index is 1670. The Morgan fingerprint density at radius 3 is 2.54 bits per heavy atom. The van der Waals surface area contributed by atoms with Crippen molar-refractivity contribution in [3.8, 4) is 5.75 Å². The quantitative estimate of drug-likeness (QED) is 0.372. The van der Waals surface area contributed by atoms with Crippen molar-refractivity contribution in [1.29, 1.82) is 0 Å². The maximum absolute atomic E-state index is 13.8. The summed E-state index contributed by atoms with van der Waals surface area (Å²) in [5, 5.41) is 2.97. The summed E-state index contributed by atoms with van der Waals surface area (Å²) in [5.41, 5.74) is 3.16. The zero-order chi connectivity index (χ0) is 25.9. The SMILES string of the molecule is COc1cccc([C@H]2C(C(=O)Nc3ccccc3)=C(C)N=c3s/c(=C\c4ccc(SC)cc4)c(=O)n32)c1. The Kier molecular flexibility index (Phi) is 7.12. The van der Waals surface area contributed by atoms with Gasteiger partial charge in [0.25, 0.3) is 11.5 Å². The van der Waals surface area contributed by atoms with E-state index in [9.17, 15) is 9.59 Å². The van der Waals surface area contributed by atoms with Crippen LogP contribution in [0.15, 0.2) is 105 Å². The number of carbonyl (C=O) groups is 1. The molecule has 0 unspecified atom stereocenters. The zero-order valence-electron chi connectivity index (χ0n) is 20.6.